The normalized spacial score (nSPS) is 12.5. The quantitative estimate of drug-likeness (QED) is 0.422. The zero-order valence-corrected chi connectivity index (χ0v) is 18.1. The van der Waals surface area contributed by atoms with Crippen molar-refractivity contribution in [2.45, 2.75) is 19.2 Å². The van der Waals surface area contributed by atoms with Gasteiger partial charge < -0.3 is 19.9 Å². The SMILES string of the molecule is CC(OCC(F)(F)F)c1ccc(-c2nc(-c3nc(N)nc(N(C)c4ccccc4)n3)no2)nc1. The molecule has 1 aromatic carbocycles. The molecule has 0 fully saturated rings. The Hall–Kier alpha value is -4.13. The Balaban J connectivity index is 1.53. The van der Waals surface area contributed by atoms with E-state index in [9.17, 15) is 13.2 Å². The highest BCUT2D eigenvalue weighted by molar-refractivity contribution is 5.59. The summed E-state index contributed by atoms with van der Waals surface area (Å²) in [6.45, 7) is 0.155. The number of hydrogen-bond donors (Lipinski definition) is 1. The second-order valence-corrected chi connectivity index (χ2v) is 7.18. The third-order valence-electron chi connectivity index (χ3n) is 4.68. The van der Waals surface area contributed by atoms with Gasteiger partial charge in [-0.15, -0.1) is 0 Å². The highest BCUT2D eigenvalue weighted by Crippen LogP contribution is 2.26. The fourth-order valence-electron chi connectivity index (χ4n) is 2.90. The van der Waals surface area contributed by atoms with Crippen molar-refractivity contribution >= 4 is 17.6 Å². The average molecular weight is 472 g/mol. The monoisotopic (exact) mass is 472 g/mol. The Bertz CT molecular complexity index is 1250. The number of aromatic nitrogens is 6. The maximum absolute atomic E-state index is 12.3. The molecule has 10 nitrogen and oxygen atoms in total. The maximum Gasteiger partial charge on any atom is 0.411 e. The van der Waals surface area contributed by atoms with Gasteiger partial charge in [-0.1, -0.05) is 29.4 Å². The van der Waals surface area contributed by atoms with Crippen LogP contribution >= 0.6 is 0 Å². The molecule has 176 valence electrons. The smallest absolute Gasteiger partial charge is 0.368 e. The summed E-state index contributed by atoms with van der Waals surface area (Å²) in [5.41, 5.74) is 7.47. The van der Waals surface area contributed by atoms with Gasteiger partial charge in [0.2, 0.25) is 23.5 Å². The van der Waals surface area contributed by atoms with Gasteiger partial charge in [0.25, 0.3) is 5.89 Å². The summed E-state index contributed by atoms with van der Waals surface area (Å²) < 4.78 is 47.1. The van der Waals surface area contributed by atoms with Crippen molar-refractivity contribution in [1.29, 1.82) is 0 Å². The van der Waals surface area contributed by atoms with Crippen molar-refractivity contribution in [3.05, 3.63) is 54.2 Å². The van der Waals surface area contributed by atoms with Crippen molar-refractivity contribution in [2.75, 3.05) is 24.3 Å². The van der Waals surface area contributed by atoms with Gasteiger partial charge in [0, 0.05) is 18.9 Å². The Morgan fingerprint density at radius 1 is 1.03 bits per heavy atom. The van der Waals surface area contributed by atoms with Gasteiger partial charge in [-0.3, -0.25) is 4.98 Å². The molecule has 4 aromatic rings. The van der Waals surface area contributed by atoms with E-state index in [1.165, 1.54) is 19.2 Å². The van der Waals surface area contributed by atoms with Crippen molar-refractivity contribution < 1.29 is 22.4 Å². The Kier molecular flexibility index (Phi) is 6.36. The number of nitrogens with zero attached hydrogens (tertiary/aromatic N) is 7. The van der Waals surface area contributed by atoms with Crippen LogP contribution in [0.1, 0.15) is 18.6 Å². The van der Waals surface area contributed by atoms with E-state index >= 15 is 0 Å². The predicted molar refractivity (Wildman–Crippen MR) is 116 cm³/mol. The molecule has 4 rings (SSSR count). The van der Waals surface area contributed by atoms with Gasteiger partial charge in [-0.25, -0.2) is 0 Å². The minimum atomic E-state index is -4.41. The van der Waals surface area contributed by atoms with E-state index < -0.39 is 18.9 Å². The van der Waals surface area contributed by atoms with Gasteiger partial charge >= 0.3 is 6.18 Å². The van der Waals surface area contributed by atoms with Crippen LogP contribution in [0.4, 0.5) is 30.8 Å². The van der Waals surface area contributed by atoms with Crippen molar-refractivity contribution in [3.63, 3.8) is 0 Å². The standard InChI is InChI=1S/C21H19F3N8O2/c1-12(33-11-21(22,23)24)13-8-9-15(26-10-13)18-27-17(31-34-18)16-28-19(25)30-20(29-16)32(2)14-6-4-3-5-7-14/h3-10,12H,11H2,1-2H3,(H2,25,28,29,30). The fourth-order valence-corrected chi connectivity index (χ4v) is 2.90. The summed E-state index contributed by atoms with van der Waals surface area (Å²) >= 11 is 0. The van der Waals surface area contributed by atoms with Gasteiger partial charge in [0.05, 0.1) is 6.10 Å². The van der Waals surface area contributed by atoms with Crippen LogP contribution in [-0.2, 0) is 4.74 Å². The summed E-state index contributed by atoms with van der Waals surface area (Å²) in [5, 5.41) is 3.89. The molecular weight excluding hydrogens is 453 g/mol. The topological polar surface area (TPSA) is 129 Å². The van der Waals surface area contributed by atoms with E-state index in [0.717, 1.165) is 5.69 Å². The lowest BCUT2D eigenvalue weighted by molar-refractivity contribution is -0.184. The average Bonchev–Trinajstić information content (AvgIpc) is 3.32. The molecule has 13 heteroatoms. The van der Waals surface area contributed by atoms with Gasteiger partial charge in [0.15, 0.2) is 0 Å². The number of para-hydroxylation sites is 1. The summed E-state index contributed by atoms with van der Waals surface area (Å²) in [7, 11) is 1.78. The first kappa shape index (κ1) is 23.0. The fraction of sp³-hybridized carbons (Fsp3) is 0.238. The summed E-state index contributed by atoms with van der Waals surface area (Å²) in [6, 6.07) is 12.5. The van der Waals surface area contributed by atoms with Gasteiger partial charge in [-0.05, 0) is 30.7 Å². The molecule has 0 bridgehead atoms. The molecule has 1 atom stereocenters. The molecule has 0 saturated carbocycles. The van der Waals surface area contributed by atoms with Crippen LogP contribution in [0, 0.1) is 0 Å². The number of nitrogen functional groups attached to an aromatic ring is 1. The van der Waals surface area contributed by atoms with Crippen LogP contribution in [0.25, 0.3) is 23.2 Å². The van der Waals surface area contributed by atoms with E-state index in [-0.39, 0.29) is 29.4 Å². The number of hydrogen-bond acceptors (Lipinski definition) is 10. The van der Waals surface area contributed by atoms with E-state index in [1.54, 1.807) is 18.0 Å². The Morgan fingerprint density at radius 2 is 1.79 bits per heavy atom. The lowest BCUT2D eigenvalue weighted by Crippen LogP contribution is -2.18. The minimum Gasteiger partial charge on any atom is -0.368 e. The second kappa shape index (κ2) is 9.39. The van der Waals surface area contributed by atoms with Crippen LogP contribution in [0.5, 0.6) is 0 Å². The van der Waals surface area contributed by atoms with E-state index in [4.69, 9.17) is 15.0 Å². The van der Waals surface area contributed by atoms with Crippen LogP contribution < -0.4 is 10.6 Å². The first-order valence-corrected chi connectivity index (χ1v) is 9.99. The molecule has 0 radical (unpaired) electrons. The largest absolute Gasteiger partial charge is 0.411 e. The zero-order valence-electron chi connectivity index (χ0n) is 18.1. The predicted octanol–water partition coefficient (Wildman–Crippen LogP) is 3.97. The molecule has 1 unspecified atom stereocenters. The number of pyridine rings is 1. The van der Waals surface area contributed by atoms with Crippen molar-refractivity contribution in [1.82, 2.24) is 30.1 Å². The third kappa shape index (κ3) is 5.43. The number of halogens is 3. The van der Waals surface area contributed by atoms with E-state index in [1.807, 2.05) is 30.3 Å². The summed E-state index contributed by atoms with van der Waals surface area (Å²) in [6.07, 6.45) is -3.82. The minimum absolute atomic E-state index is 0.0237. The molecule has 0 amide bonds. The molecule has 3 aromatic heterocycles. The lowest BCUT2D eigenvalue weighted by atomic mass is 10.2. The van der Waals surface area contributed by atoms with Crippen LogP contribution in [0.3, 0.4) is 0 Å². The molecular formula is C21H19F3N8O2. The molecule has 0 spiro atoms. The summed E-state index contributed by atoms with van der Waals surface area (Å²) in [5.74, 6) is 0.507. The van der Waals surface area contributed by atoms with Crippen LogP contribution in [0.15, 0.2) is 53.2 Å². The lowest BCUT2D eigenvalue weighted by Gasteiger charge is -2.17. The molecule has 0 saturated heterocycles. The Labute approximate surface area is 191 Å². The molecule has 0 aliphatic rings. The summed E-state index contributed by atoms with van der Waals surface area (Å²) in [4.78, 5) is 22.8. The van der Waals surface area contributed by atoms with Crippen molar-refractivity contribution in [2.24, 2.45) is 0 Å². The molecule has 3 heterocycles. The first-order chi connectivity index (χ1) is 16.2. The number of ether oxygens (including phenoxy) is 1. The Morgan fingerprint density at radius 3 is 2.47 bits per heavy atom. The highest BCUT2D eigenvalue weighted by atomic mass is 19.4. The van der Waals surface area contributed by atoms with Gasteiger partial charge in [0.1, 0.15) is 12.3 Å². The molecule has 0 aliphatic heterocycles. The second-order valence-electron chi connectivity index (χ2n) is 7.18. The molecule has 2 N–H and O–H groups in total. The number of nitrogens with two attached hydrogens (primary N) is 1. The van der Waals surface area contributed by atoms with Crippen molar-refractivity contribution in [3.8, 4) is 23.2 Å². The number of alkyl halides is 3. The molecule has 34 heavy (non-hydrogen) atoms. The van der Waals surface area contributed by atoms with Crippen LogP contribution in [-0.4, -0.2) is 49.9 Å². The van der Waals surface area contributed by atoms with E-state index in [2.05, 4.69) is 30.1 Å². The van der Waals surface area contributed by atoms with Crippen LogP contribution in [0.2, 0.25) is 0 Å². The van der Waals surface area contributed by atoms with E-state index in [0.29, 0.717) is 11.3 Å². The first-order valence-electron chi connectivity index (χ1n) is 9.99. The zero-order chi connectivity index (χ0) is 24.3. The third-order valence-corrected chi connectivity index (χ3v) is 4.68. The highest BCUT2D eigenvalue weighted by Gasteiger charge is 2.29. The van der Waals surface area contributed by atoms with Gasteiger partial charge in [-0.2, -0.15) is 33.1 Å². The number of anilines is 3. The number of rotatable bonds is 7. The molecule has 0 aliphatic carbocycles. The number of benzene rings is 1. The maximum atomic E-state index is 12.3.